The van der Waals surface area contributed by atoms with Gasteiger partial charge in [0.15, 0.2) is 5.78 Å². The number of hydrogen-bond donors (Lipinski definition) is 1. The number of aromatic nitrogens is 2. The molecule has 0 atom stereocenters. The Morgan fingerprint density at radius 2 is 2.50 bits per heavy atom. The number of nitrogens with one attached hydrogen (secondary N) is 1. The minimum Gasteiger partial charge on any atom is -0.313 e. The minimum atomic E-state index is 0.123. The van der Waals surface area contributed by atoms with Gasteiger partial charge in [-0.2, -0.15) is 10.2 Å². The molecule has 64 valence electrons. The molecule has 1 aromatic heterocycles. The van der Waals surface area contributed by atoms with Crippen molar-refractivity contribution in [1.82, 2.24) is 15.5 Å². The van der Waals surface area contributed by atoms with Gasteiger partial charge in [0.25, 0.3) is 0 Å². The average Bonchev–Trinajstić information content (AvgIpc) is 2.06. The first-order valence-corrected chi connectivity index (χ1v) is 3.76. The number of Topliss-reactive ketones (excluding diaryl/α,β-unsaturated/α-hetero) is 1. The van der Waals surface area contributed by atoms with Gasteiger partial charge in [-0.25, -0.2) is 0 Å². The molecule has 0 amide bonds. The third-order valence-corrected chi connectivity index (χ3v) is 1.38. The summed E-state index contributed by atoms with van der Waals surface area (Å²) in [6.45, 7) is 0.385. The molecular weight excluding hydrogens is 154 g/mol. The van der Waals surface area contributed by atoms with Crippen molar-refractivity contribution in [2.45, 2.75) is 6.42 Å². The first kappa shape index (κ1) is 8.80. The molecule has 1 N–H and O–H groups in total. The van der Waals surface area contributed by atoms with E-state index in [-0.39, 0.29) is 5.78 Å². The van der Waals surface area contributed by atoms with Crippen LogP contribution >= 0.6 is 0 Å². The molecule has 0 aromatic carbocycles. The maximum absolute atomic E-state index is 11.1. The maximum atomic E-state index is 11.1. The van der Waals surface area contributed by atoms with Crippen LogP contribution in [0.5, 0.6) is 0 Å². The summed E-state index contributed by atoms with van der Waals surface area (Å²) in [5, 5.41) is 10.3. The molecule has 1 heterocycles. The summed E-state index contributed by atoms with van der Waals surface area (Å²) in [5.41, 5.74) is 0.720. The Bertz CT molecular complexity index is 248. The van der Waals surface area contributed by atoms with E-state index in [1.807, 2.05) is 0 Å². The lowest BCUT2D eigenvalue weighted by atomic mass is 10.2. The Morgan fingerprint density at radius 1 is 1.67 bits per heavy atom. The van der Waals surface area contributed by atoms with E-state index in [9.17, 15) is 4.79 Å². The van der Waals surface area contributed by atoms with Crippen LogP contribution in [0.25, 0.3) is 0 Å². The van der Waals surface area contributed by atoms with Crippen LogP contribution in [0.15, 0.2) is 18.3 Å². The smallest absolute Gasteiger partial charge is 0.152 e. The summed E-state index contributed by atoms with van der Waals surface area (Å²) in [4.78, 5) is 11.1. The Hall–Kier alpha value is -1.29. The fraction of sp³-hybridized carbons (Fsp3) is 0.375. The normalized spacial score (nSPS) is 9.75. The molecule has 0 aliphatic heterocycles. The first-order valence-electron chi connectivity index (χ1n) is 3.76. The summed E-state index contributed by atoms with van der Waals surface area (Å²) in [6.07, 6.45) is 1.95. The number of rotatable bonds is 4. The van der Waals surface area contributed by atoms with Crippen LogP contribution in [0, 0.1) is 0 Å². The molecule has 1 aromatic rings. The Kier molecular flexibility index (Phi) is 3.35. The Morgan fingerprint density at radius 3 is 3.08 bits per heavy atom. The summed E-state index contributed by atoms with van der Waals surface area (Å²) in [5.74, 6) is 0.123. The van der Waals surface area contributed by atoms with Crippen LogP contribution in [0.3, 0.4) is 0 Å². The lowest BCUT2D eigenvalue weighted by molar-refractivity contribution is -0.117. The molecule has 0 aliphatic carbocycles. The largest absolute Gasteiger partial charge is 0.313 e. The van der Waals surface area contributed by atoms with Gasteiger partial charge in [0.2, 0.25) is 0 Å². The van der Waals surface area contributed by atoms with E-state index >= 15 is 0 Å². The summed E-state index contributed by atoms with van der Waals surface area (Å²) in [6, 6.07) is 3.57. The molecule has 0 unspecified atom stereocenters. The predicted molar refractivity (Wildman–Crippen MR) is 44.7 cm³/mol. The zero-order valence-corrected chi connectivity index (χ0v) is 6.95. The van der Waals surface area contributed by atoms with Crippen molar-refractivity contribution in [2.75, 3.05) is 13.6 Å². The molecule has 0 aliphatic rings. The highest BCUT2D eigenvalue weighted by Crippen LogP contribution is 1.92. The molecule has 0 saturated carbocycles. The van der Waals surface area contributed by atoms with E-state index in [1.54, 1.807) is 25.4 Å². The molecule has 4 nitrogen and oxygen atoms in total. The van der Waals surface area contributed by atoms with Gasteiger partial charge >= 0.3 is 0 Å². The summed E-state index contributed by atoms with van der Waals surface area (Å²) in [7, 11) is 1.74. The van der Waals surface area contributed by atoms with Crippen molar-refractivity contribution in [3.63, 3.8) is 0 Å². The topological polar surface area (TPSA) is 54.9 Å². The van der Waals surface area contributed by atoms with E-state index in [1.165, 1.54) is 0 Å². The van der Waals surface area contributed by atoms with Crippen molar-refractivity contribution in [3.05, 3.63) is 24.0 Å². The van der Waals surface area contributed by atoms with E-state index < -0.39 is 0 Å². The number of carbonyl (C=O) groups is 1. The molecule has 1 rings (SSSR count). The third kappa shape index (κ3) is 2.75. The van der Waals surface area contributed by atoms with Crippen LogP contribution in [-0.2, 0) is 11.2 Å². The first-order chi connectivity index (χ1) is 5.83. The van der Waals surface area contributed by atoms with Gasteiger partial charge in [0.05, 0.1) is 18.7 Å². The standard InChI is InChI=1S/C8H11N3O/c1-9-6-8(12)5-7-3-2-4-10-11-7/h2-4,9H,5-6H2,1H3. The van der Waals surface area contributed by atoms with Gasteiger partial charge in [0, 0.05) is 6.20 Å². The minimum absolute atomic E-state index is 0.123. The highest BCUT2D eigenvalue weighted by Gasteiger charge is 2.02. The van der Waals surface area contributed by atoms with E-state index in [2.05, 4.69) is 15.5 Å². The number of ketones is 1. The molecule has 4 heteroatoms. The number of hydrogen-bond acceptors (Lipinski definition) is 4. The van der Waals surface area contributed by atoms with Crippen LogP contribution in [0.1, 0.15) is 5.69 Å². The van der Waals surface area contributed by atoms with Gasteiger partial charge in [-0.3, -0.25) is 4.79 Å². The fourth-order valence-electron chi connectivity index (χ4n) is 0.889. The van der Waals surface area contributed by atoms with Crippen LogP contribution in [0.2, 0.25) is 0 Å². The predicted octanol–water partition coefficient (Wildman–Crippen LogP) is -0.192. The lowest BCUT2D eigenvalue weighted by Gasteiger charge is -1.97. The van der Waals surface area contributed by atoms with Crippen LogP contribution in [-0.4, -0.2) is 29.6 Å². The van der Waals surface area contributed by atoms with Crippen molar-refractivity contribution >= 4 is 5.78 Å². The maximum Gasteiger partial charge on any atom is 0.152 e. The van der Waals surface area contributed by atoms with Gasteiger partial charge in [-0.05, 0) is 19.2 Å². The number of likely N-dealkylation sites (N-methyl/N-ethyl adjacent to an activating group) is 1. The quantitative estimate of drug-likeness (QED) is 0.671. The zero-order chi connectivity index (χ0) is 8.81. The fourth-order valence-corrected chi connectivity index (χ4v) is 0.889. The zero-order valence-electron chi connectivity index (χ0n) is 6.95. The van der Waals surface area contributed by atoms with E-state index in [0.717, 1.165) is 5.69 Å². The molecule has 0 radical (unpaired) electrons. The van der Waals surface area contributed by atoms with Crippen LogP contribution in [0.4, 0.5) is 0 Å². The van der Waals surface area contributed by atoms with Gasteiger partial charge in [-0.15, -0.1) is 0 Å². The van der Waals surface area contributed by atoms with Crippen molar-refractivity contribution in [3.8, 4) is 0 Å². The second-order valence-corrected chi connectivity index (χ2v) is 2.46. The highest BCUT2D eigenvalue weighted by molar-refractivity contribution is 5.82. The second-order valence-electron chi connectivity index (χ2n) is 2.46. The number of nitrogens with zero attached hydrogens (tertiary/aromatic N) is 2. The third-order valence-electron chi connectivity index (χ3n) is 1.38. The molecule has 0 spiro atoms. The Labute approximate surface area is 71.0 Å². The van der Waals surface area contributed by atoms with Crippen LogP contribution < -0.4 is 5.32 Å². The molecule has 0 bridgehead atoms. The van der Waals surface area contributed by atoms with Gasteiger partial charge < -0.3 is 5.32 Å². The molecule has 12 heavy (non-hydrogen) atoms. The highest BCUT2D eigenvalue weighted by atomic mass is 16.1. The van der Waals surface area contributed by atoms with Gasteiger partial charge in [0.1, 0.15) is 0 Å². The summed E-state index contributed by atoms with van der Waals surface area (Å²) >= 11 is 0. The van der Waals surface area contributed by atoms with Gasteiger partial charge in [-0.1, -0.05) is 0 Å². The number of carbonyl (C=O) groups excluding carboxylic acids is 1. The van der Waals surface area contributed by atoms with Crippen molar-refractivity contribution in [2.24, 2.45) is 0 Å². The molecule has 0 fully saturated rings. The average molecular weight is 165 g/mol. The summed E-state index contributed by atoms with van der Waals surface area (Å²) < 4.78 is 0. The van der Waals surface area contributed by atoms with Crippen molar-refractivity contribution in [1.29, 1.82) is 0 Å². The van der Waals surface area contributed by atoms with Crippen molar-refractivity contribution < 1.29 is 4.79 Å². The molecular formula is C8H11N3O. The van der Waals surface area contributed by atoms with E-state index in [0.29, 0.717) is 13.0 Å². The molecule has 0 saturated heterocycles. The monoisotopic (exact) mass is 165 g/mol. The van der Waals surface area contributed by atoms with E-state index in [4.69, 9.17) is 0 Å². The second kappa shape index (κ2) is 4.56. The Balaban J connectivity index is 2.47. The SMILES string of the molecule is CNCC(=O)Cc1cccnn1. The lowest BCUT2D eigenvalue weighted by Crippen LogP contribution is -2.20.